The van der Waals surface area contributed by atoms with Gasteiger partial charge in [-0.05, 0) is 67.9 Å². The van der Waals surface area contributed by atoms with Crippen molar-refractivity contribution in [3.8, 4) is 11.5 Å². The Labute approximate surface area is 281 Å². The fraction of sp³-hybridized carbons (Fsp3) is 0.647. The zero-order valence-corrected chi connectivity index (χ0v) is 32.3. The molecule has 0 spiro atoms. The Balaban J connectivity index is 0.000000842. The summed E-state index contributed by atoms with van der Waals surface area (Å²) in [7, 11) is -9.34. The molecular formula is C34H54NiO8P2-4. The molecule has 262 valence electrons. The van der Waals surface area contributed by atoms with Crippen molar-refractivity contribution in [3.05, 3.63) is 56.6 Å². The van der Waals surface area contributed by atoms with E-state index in [1.807, 2.05) is 96.9 Å². The summed E-state index contributed by atoms with van der Waals surface area (Å²) in [6.45, 7) is 27.4. The third-order valence-electron chi connectivity index (χ3n) is 7.55. The molecule has 0 heterocycles. The molecule has 0 amide bonds. The maximum absolute atomic E-state index is 11.3. The minimum atomic E-state index is -4.67. The van der Waals surface area contributed by atoms with E-state index in [-0.39, 0.29) is 49.7 Å². The molecule has 2 aromatic carbocycles. The van der Waals surface area contributed by atoms with E-state index in [0.717, 1.165) is 22.3 Å². The molecule has 2 aromatic rings. The van der Waals surface area contributed by atoms with E-state index in [1.165, 1.54) is 0 Å². The molecule has 0 radical (unpaired) electrons. The van der Waals surface area contributed by atoms with Crippen LogP contribution in [0.4, 0.5) is 0 Å². The molecule has 8 nitrogen and oxygen atoms in total. The summed E-state index contributed by atoms with van der Waals surface area (Å²) in [6.07, 6.45) is 0.116. The van der Waals surface area contributed by atoms with E-state index >= 15 is 0 Å². The van der Waals surface area contributed by atoms with E-state index in [4.69, 9.17) is 0 Å². The molecule has 2 rings (SSSR count). The van der Waals surface area contributed by atoms with E-state index in [2.05, 4.69) is 0 Å². The second kappa shape index (κ2) is 14.9. The zero-order valence-electron chi connectivity index (χ0n) is 29.5. The van der Waals surface area contributed by atoms with Crippen LogP contribution >= 0.6 is 15.2 Å². The van der Waals surface area contributed by atoms with Gasteiger partial charge in [-0.15, -0.1) is 0 Å². The second-order valence-electron chi connectivity index (χ2n) is 15.8. The summed E-state index contributed by atoms with van der Waals surface area (Å²) in [5, 5.41) is 21.5. The number of phenolic OH excluding ortho intramolecular Hbond substituents is 2. The molecule has 11 heteroatoms. The third-order valence-corrected chi connectivity index (χ3v) is 9.01. The molecule has 2 N–H and O–H groups in total. The fourth-order valence-corrected chi connectivity index (χ4v) is 7.20. The first-order valence-electron chi connectivity index (χ1n) is 15.2. The van der Waals surface area contributed by atoms with Gasteiger partial charge in [0.2, 0.25) is 0 Å². The average molecular weight is 711 g/mol. The molecule has 0 aliphatic carbocycles. The molecule has 45 heavy (non-hydrogen) atoms. The van der Waals surface area contributed by atoms with Crippen molar-refractivity contribution in [1.29, 1.82) is 0 Å². The van der Waals surface area contributed by atoms with Gasteiger partial charge < -0.3 is 38.9 Å². The molecule has 0 unspecified atom stereocenters. The van der Waals surface area contributed by atoms with Crippen LogP contribution in [0, 0.1) is 0 Å². The van der Waals surface area contributed by atoms with Gasteiger partial charge in [0.1, 0.15) is 11.5 Å². The Morgan fingerprint density at radius 3 is 0.956 bits per heavy atom. The monoisotopic (exact) mass is 710 g/mol. The van der Waals surface area contributed by atoms with E-state index in [9.17, 15) is 38.9 Å². The fourth-order valence-electron chi connectivity index (χ4n) is 5.80. The second-order valence-corrected chi connectivity index (χ2v) is 18.9. The van der Waals surface area contributed by atoms with Gasteiger partial charge in [0, 0.05) is 39.9 Å². The molecule has 0 aromatic heterocycles. The maximum atomic E-state index is 11.3. The average Bonchev–Trinajstić information content (AvgIpc) is 2.75. The van der Waals surface area contributed by atoms with Crippen molar-refractivity contribution in [2.45, 2.75) is 144 Å². The van der Waals surface area contributed by atoms with Crippen LogP contribution in [0.15, 0.2) is 12.1 Å². The molecule has 0 saturated carbocycles. The summed E-state index contributed by atoms with van der Waals surface area (Å²) < 4.78 is 22.6. The van der Waals surface area contributed by atoms with Crippen LogP contribution in [0.25, 0.3) is 0 Å². The molecule has 0 aliphatic heterocycles. The predicted molar refractivity (Wildman–Crippen MR) is 172 cm³/mol. The standard InChI is InChI=1S/2C17H29O4P.Ni/c2*1-8-12-11(10-22(19,20)21)9-13(16(2,3)4)15(18)14(12)17(5,6)7;/h2*9,18H,8,10H2,1-7H3,(H2,19,20,21);/p-4. The number of benzene rings is 2. The molecular weight excluding hydrogens is 657 g/mol. The summed E-state index contributed by atoms with van der Waals surface area (Å²) in [5.41, 5.74) is 4.03. The van der Waals surface area contributed by atoms with Crippen molar-refractivity contribution in [2.75, 3.05) is 0 Å². The van der Waals surface area contributed by atoms with Crippen molar-refractivity contribution in [2.24, 2.45) is 0 Å². The molecule has 0 bridgehead atoms. The van der Waals surface area contributed by atoms with Crippen molar-refractivity contribution in [3.63, 3.8) is 0 Å². The summed E-state index contributed by atoms with van der Waals surface area (Å²) in [5.74, 6) is 0.430. The van der Waals surface area contributed by atoms with Crippen LogP contribution in [-0.2, 0) is 72.4 Å². The first-order chi connectivity index (χ1) is 19.4. The van der Waals surface area contributed by atoms with Crippen LogP contribution in [-0.4, -0.2) is 10.2 Å². The van der Waals surface area contributed by atoms with Gasteiger partial charge in [-0.25, -0.2) is 0 Å². The zero-order chi connectivity index (χ0) is 35.0. The Morgan fingerprint density at radius 2 is 0.800 bits per heavy atom. The van der Waals surface area contributed by atoms with Gasteiger partial charge in [0.15, 0.2) is 0 Å². The molecule has 0 aliphatic rings. The van der Waals surface area contributed by atoms with E-state index in [0.29, 0.717) is 35.1 Å². The van der Waals surface area contributed by atoms with Crippen LogP contribution in [0.5, 0.6) is 11.5 Å². The van der Waals surface area contributed by atoms with Crippen molar-refractivity contribution >= 4 is 15.2 Å². The van der Waals surface area contributed by atoms with Crippen LogP contribution in [0.2, 0.25) is 0 Å². The maximum Gasteiger partial charge on any atom is 0.123 e. The van der Waals surface area contributed by atoms with Gasteiger partial charge in [0.25, 0.3) is 0 Å². The van der Waals surface area contributed by atoms with E-state index in [1.54, 1.807) is 12.1 Å². The smallest absolute Gasteiger partial charge is 0.123 e. The first kappa shape index (κ1) is 43.8. The molecule has 0 saturated heterocycles. The van der Waals surface area contributed by atoms with E-state index < -0.39 is 27.5 Å². The number of hydrogen-bond acceptors (Lipinski definition) is 8. The Bertz CT molecular complexity index is 1320. The Morgan fingerprint density at radius 1 is 0.556 bits per heavy atom. The Kier molecular flexibility index (Phi) is 14.6. The molecule has 0 fully saturated rings. The van der Waals surface area contributed by atoms with Crippen molar-refractivity contribution < 1.29 is 55.4 Å². The quantitative estimate of drug-likeness (QED) is 0.275. The summed E-state index contributed by atoms with van der Waals surface area (Å²) >= 11 is 0. The van der Waals surface area contributed by atoms with Gasteiger partial charge in [-0.1, -0.05) is 124 Å². The normalized spacial score (nSPS) is 13.2. The van der Waals surface area contributed by atoms with Gasteiger partial charge in [0.05, 0.1) is 0 Å². The van der Waals surface area contributed by atoms with Crippen LogP contribution in [0.3, 0.4) is 0 Å². The first-order valence-corrected chi connectivity index (χ1v) is 18.6. The summed E-state index contributed by atoms with van der Waals surface area (Å²) in [6, 6.07) is 3.37. The van der Waals surface area contributed by atoms with Gasteiger partial charge in [-0.3, -0.25) is 0 Å². The minimum absolute atomic E-state index is 0. The number of hydrogen-bond donors (Lipinski definition) is 2. The third kappa shape index (κ3) is 12.1. The van der Waals surface area contributed by atoms with Crippen LogP contribution < -0.4 is 19.6 Å². The van der Waals surface area contributed by atoms with Gasteiger partial charge >= 0.3 is 0 Å². The number of rotatable bonds is 6. The SMILES string of the molecule is CCc1c(CP(=O)([O-])[O-])cc(C(C)(C)C)c(O)c1C(C)(C)C.CCc1c(CP(=O)([O-])[O-])cc(C(C)(C)C)c(O)c1C(C)(C)C.[Ni]. The topological polar surface area (TPSA) is 167 Å². The number of aromatic hydroxyl groups is 2. The summed E-state index contributed by atoms with van der Waals surface area (Å²) in [4.78, 5) is 45.1. The minimum Gasteiger partial charge on any atom is -0.810 e. The Hall–Kier alpha value is -1.17. The van der Waals surface area contributed by atoms with Crippen molar-refractivity contribution in [1.82, 2.24) is 0 Å². The largest absolute Gasteiger partial charge is 0.810 e. The predicted octanol–water partition coefficient (Wildman–Crippen LogP) is 5.92. The molecule has 0 atom stereocenters. The number of phenols is 2. The van der Waals surface area contributed by atoms with Gasteiger partial charge in [-0.2, -0.15) is 0 Å². The van der Waals surface area contributed by atoms with Crippen LogP contribution in [0.1, 0.15) is 141 Å².